The van der Waals surface area contributed by atoms with Crippen molar-refractivity contribution in [3.63, 3.8) is 0 Å². The molecule has 1 aliphatic carbocycles. The number of hydrogen-bond donors (Lipinski definition) is 2. The Bertz CT molecular complexity index is 599. The second kappa shape index (κ2) is 5.65. The van der Waals surface area contributed by atoms with E-state index in [4.69, 9.17) is 9.84 Å². The molecule has 21 heavy (non-hydrogen) atoms. The summed E-state index contributed by atoms with van der Waals surface area (Å²) in [5, 5.41) is 11.7. The van der Waals surface area contributed by atoms with Crippen molar-refractivity contribution in [2.75, 3.05) is 13.2 Å². The Morgan fingerprint density at radius 3 is 3.10 bits per heavy atom. The van der Waals surface area contributed by atoms with Crippen molar-refractivity contribution in [2.24, 2.45) is 11.8 Å². The third-order valence-electron chi connectivity index (χ3n) is 3.98. The maximum absolute atomic E-state index is 12.0. The lowest BCUT2D eigenvalue weighted by Crippen LogP contribution is -2.33. The van der Waals surface area contributed by atoms with Gasteiger partial charge in [-0.25, -0.2) is 4.79 Å². The summed E-state index contributed by atoms with van der Waals surface area (Å²) >= 11 is 0. The monoisotopic (exact) mass is 288 g/mol. The van der Waals surface area contributed by atoms with Gasteiger partial charge in [0.25, 0.3) is 5.91 Å². The third-order valence-corrected chi connectivity index (χ3v) is 3.98. The number of pyridine rings is 1. The van der Waals surface area contributed by atoms with Crippen LogP contribution in [0.2, 0.25) is 0 Å². The van der Waals surface area contributed by atoms with Crippen molar-refractivity contribution in [2.45, 2.75) is 12.5 Å². The minimum Gasteiger partial charge on any atom is -0.478 e. The fourth-order valence-electron chi connectivity index (χ4n) is 2.76. The van der Waals surface area contributed by atoms with Gasteiger partial charge in [0, 0.05) is 12.7 Å². The largest absolute Gasteiger partial charge is 0.478 e. The van der Waals surface area contributed by atoms with Crippen molar-refractivity contribution < 1.29 is 19.4 Å². The first kappa shape index (κ1) is 13.8. The van der Waals surface area contributed by atoms with Crippen LogP contribution in [0.5, 0.6) is 0 Å². The van der Waals surface area contributed by atoms with E-state index < -0.39 is 5.97 Å². The van der Waals surface area contributed by atoms with Gasteiger partial charge in [0.05, 0.1) is 18.3 Å². The summed E-state index contributed by atoms with van der Waals surface area (Å²) in [5.41, 5.74) is 0.176. The van der Waals surface area contributed by atoms with Crippen LogP contribution in [-0.4, -0.2) is 41.2 Å². The molecule has 0 aromatic carbocycles. The molecule has 2 N–H and O–H groups in total. The normalized spacial score (nSPS) is 26.6. The van der Waals surface area contributed by atoms with Gasteiger partial charge in [0.1, 0.15) is 5.69 Å². The highest BCUT2D eigenvalue weighted by Gasteiger charge is 2.33. The zero-order valence-corrected chi connectivity index (χ0v) is 11.4. The summed E-state index contributed by atoms with van der Waals surface area (Å²) < 4.78 is 5.56. The van der Waals surface area contributed by atoms with Gasteiger partial charge in [-0.3, -0.25) is 9.78 Å². The lowest BCUT2D eigenvalue weighted by Gasteiger charge is -2.22. The van der Waals surface area contributed by atoms with E-state index in [1.807, 2.05) is 6.08 Å². The van der Waals surface area contributed by atoms with Gasteiger partial charge in [0.2, 0.25) is 0 Å². The number of ether oxygens (including phenoxy) is 1. The summed E-state index contributed by atoms with van der Waals surface area (Å²) in [6, 6.07) is 2.64. The molecular weight excluding hydrogens is 272 g/mol. The average molecular weight is 288 g/mol. The second-order valence-corrected chi connectivity index (χ2v) is 5.36. The minimum atomic E-state index is -1.07. The minimum absolute atomic E-state index is 0.0553. The summed E-state index contributed by atoms with van der Waals surface area (Å²) in [4.78, 5) is 26.8. The van der Waals surface area contributed by atoms with Gasteiger partial charge in [-0.15, -0.1) is 0 Å². The summed E-state index contributed by atoms with van der Waals surface area (Å²) in [6.07, 6.45) is 6.70. The molecule has 1 aromatic heterocycles. The maximum atomic E-state index is 12.0. The van der Waals surface area contributed by atoms with Gasteiger partial charge in [-0.2, -0.15) is 0 Å². The summed E-state index contributed by atoms with van der Waals surface area (Å²) in [5.74, 6) is -0.725. The molecule has 0 radical (unpaired) electrons. The average Bonchev–Trinajstić information content (AvgIpc) is 2.88. The highest BCUT2D eigenvalue weighted by Crippen LogP contribution is 2.32. The molecule has 1 fully saturated rings. The summed E-state index contributed by atoms with van der Waals surface area (Å²) in [7, 11) is 0. The number of aromatic nitrogens is 1. The third kappa shape index (κ3) is 2.95. The molecule has 1 amide bonds. The Morgan fingerprint density at radius 2 is 2.29 bits per heavy atom. The van der Waals surface area contributed by atoms with Gasteiger partial charge in [-0.05, 0) is 30.4 Å². The van der Waals surface area contributed by atoms with E-state index in [1.165, 1.54) is 18.3 Å². The first-order valence-corrected chi connectivity index (χ1v) is 6.91. The quantitative estimate of drug-likeness (QED) is 0.810. The zero-order valence-electron chi connectivity index (χ0n) is 11.4. The van der Waals surface area contributed by atoms with E-state index in [2.05, 4.69) is 16.4 Å². The zero-order chi connectivity index (χ0) is 14.8. The van der Waals surface area contributed by atoms with E-state index in [0.29, 0.717) is 12.5 Å². The maximum Gasteiger partial charge on any atom is 0.335 e. The molecule has 3 atom stereocenters. The van der Waals surface area contributed by atoms with Crippen LogP contribution in [0.15, 0.2) is 30.5 Å². The van der Waals surface area contributed by atoms with Crippen LogP contribution in [0.3, 0.4) is 0 Å². The van der Waals surface area contributed by atoms with Crippen LogP contribution in [-0.2, 0) is 4.74 Å². The molecule has 0 unspecified atom stereocenters. The molecule has 1 aliphatic heterocycles. The Kier molecular flexibility index (Phi) is 3.70. The van der Waals surface area contributed by atoms with Gasteiger partial charge < -0.3 is 15.2 Å². The number of carboxylic acids is 1. The SMILES string of the molecule is O=C(O)c1ccnc(C(=O)NC[C@@H]2C=C[C@H]3C[C@@H]2CO3)c1. The molecule has 6 nitrogen and oxygen atoms in total. The van der Waals surface area contributed by atoms with Crippen LogP contribution in [0.25, 0.3) is 0 Å². The molecule has 6 heteroatoms. The second-order valence-electron chi connectivity index (χ2n) is 5.36. The van der Waals surface area contributed by atoms with Gasteiger partial charge in [0.15, 0.2) is 0 Å². The van der Waals surface area contributed by atoms with Crippen LogP contribution < -0.4 is 5.32 Å². The van der Waals surface area contributed by atoms with E-state index in [9.17, 15) is 9.59 Å². The van der Waals surface area contributed by atoms with Crippen molar-refractivity contribution in [1.29, 1.82) is 0 Å². The summed E-state index contributed by atoms with van der Waals surface area (Å²) in [6.45, 7) is 1.24. The molecule has 1 aromatic rings. The smallest absolute Gasteiger partial charge is 0.335 e. The lowest BCUT2D eigenvalue weighted by atomic mass is 9.85. The molecule has 2 bridgehead atoms. The van der Waals surface area contributed by atoms with E-state index >= 15 is 0 Å². The standard InChI is InChI=1S/C15H16N2O4/c18-14(13-6-9(15(19)20)3-4-16-13)17-7-10-1-2-12-5-11(10)8-21-12/h1-4,6,10-12H,5,7-8H2,(H,17,18)(H,19,20)/t10-,11+,12-/m0/s1. The fourth-order valence-corrected chi connectivity index (χ4v) is 2.76. The van der Waals surface area contributed by atoms with Crippen LogP contribution in [0.1, 0.15) is 27.3 Å². The van der Waals surface area contributed by atoms with Crippen molar-refractivity contribution in [3.8, 4) is 0 Å². The number of rotatable bonds is 4. The van der Waals surface area contributed by atoms with Crippen molar-refractivity contribution in [1.82, 2.24) is 10.3 Å². The lowest BCUT2D eigenvalue weighted by molar-refractivity contribution is 0.0696. The Balaban J connectivity index is 1.61. The molecule has 3 rings (SSSR count). The molecule has 2 aliphatic rings. The predicted octanol–water partition coefficient (Wildman–Crippen LogP) is 1.10. The first-order chi connectivity index (χ1) is 10.1. The van der Waals surface area contributed by atoms with Crippen LogP contribution in [0.4, 0.5) is 0 Å². The van der Waals surface area contributed by atoms with Crippen LogP contribution >= 0.6 is 0 Å². The molecular formula is C15H16N2O4. The van der Waals surface area contributed by atoms with Crippen molar-refractivity contribution in [3.05, 3.63) is 41.7 Å². The number of carbonyl (C=O) groups excluding carboxylic acids is 1. The molecule has 110 valence electrons. The Hall–Kier alpha value is -2.21. The number of fused-ring (bicyclic) bond motifs is 2. The molecule has 1 saturated heterocycles. The Labute approximate surface area is 121 Å². The number of carboxylic acid groups (broad SMARTS) is 1. The van der Waals surface area contributed by atoms with Gasteiger partial charge in [-0.1, -0.05) is 12.2 Å². The number of amides is 1. The number of aromatic carboxylic acids is 1. The first-order valence-electron chi connectivity index (χ1n) is 6.91. The highest BCUT2D eigenvalue weighted by molar-refractivity contribution is 5.95. The topological polar surface area (TPSA) is 88.5 Å². The molecule has 2 heterocycles. The number of carbonyl (C=O) groups is 2. The fraction of sp³-hybridized carbons (Fsp3) is 0.400. The number of nitrogens with one attached hydrogen (secondary N) is 1. The van der Waals surface area contributed by atoms with E-state index in [-0.39, 0.29) is 29.2 Å². The number of hydrogen-bond acceptors (Lipinski definition) is 4. The van der Waals surface area contributed by atoms with Crippen LogP contribution in [0, 0.1) is 11.8 Å². The van der Waals surface area contributed by atoms with Crippen molar-refractivity contribution >= 4 is 11.9 Å². The van der Waals surface area contributed by atoms with E-state index in [1.54, 1.807) is 0 Å². The molecule has 0 spiro atoms. The molecule has 0 saturated carbocycles. The van der Waals surface area contributed by atoms with Gasteiger partial charge >= 0.3 is 5.97 Å². The highest BCUT2D eigenvalue weighted by atomic mass is 16.5. The van der Waals surface area contributed by atoms with E-state index in [0.717, 1.165) is 13.0 Å². The predicted molar refractivity (Wildman–Crippen MR) is 74.0 cm³/mol. The number of nitrogens with zero attached hydrogens (tertiary/aromatic N) is 1. The Morgan fingerprint density at radius 1 is 1.43 bits per heavy atom.